The number of nitrogen functional groups attached to an aromatic ring is 1. The van der Waals surface area contributed by atoms with Gasteiger partial charge in [0.1, 0.15) is 5.75 Å². The number of hydrogen-bond acceptors (Lipinski definition) is 4. The third-order valence-electron chi connectivity index (χ3n) is 2.16. The number of rotatable bonds is 5. The fourth-order valence-electron chi connectivity index (χ4n) is 1.31. The SMILES string of the molecule is CCOC(=O)[C@H](CC)Oc1ccc(Cl)cc1N. The number of hydrogen-bond donors (Lipinski definition) is 1. The van der Waals surface area contributed by atoms with Gasteiger partial charge in [0, 0.05) is 5.02 Å². The normalized spacial score (nSPS) is 11.9. The molecule has 0 saturated heterocycles. The number of ether oxygens (including phenoxy) is 2. The van der Waals surface area contributed by atoms with E-state index in [1.54, 1.807) is 25.1 Å². The number of carbonyl (C=O) groups is 1. The number of halogens is 1. The lowest BCUT2D eigenvalue weighted by Gasteiger charge is -2.17. The van der Waals surface area contributed by atoms with Crippen LogP contribution in [-0.2, 0) is 9.53 Å². The van der Waals surface area contributed by atoms with Crippen molar-refractivity contribution in [3.8, 4) is 5.75 Å². The zero-order valence-electron chi connectivity index (χ0n) is 9.90. The molecule has 4 nitrogen and oxygen atoms in total. The van der Waals surface area contributed by atoms with E-state index in [1.165, 1.54) is 0 Å². The smallest absolute Gasteiger partial charge is 0.347 e. The molecule has 0 aromatic heterocycles. The van der Waals surface area contributed by atoms with Gasteiger partial charge in [-0.25, -0.2) is 4.79 Å². The molecule has 1 aromatic rings. The van der Waals surface area contributed by atoms with Gasteiger partial charge in [-0.1, -0.05) is 18.5 Å². The van der Waals surface area contributed by atoms with Crippen LogP contribution in [0.4, 0.5) is 5.69 Å². The second-order valence-electron chi connectivity index (χ2n) is 3.45. The van der Waals surface area contributed by atoms with Crippen molar-refractivity contribution in [3.63, 3.8) is 0 Å². The van der Waals surface area contributed by atoms with Crippen LogP contribution < -0.4 is 10.5 Å². The summed E-state index contributed by atoms with van der Waals surface area (Å²) < 4.78 is 10.4. The van der Waals surface area contributed by atoms with Gasteiger partial charge >= 0.3 is 5.97 Å². The van der Waals surface area contributed by atoms with Gasteiger partial charge in [0.25, 0.3) is 0 Å². The Morgan fingerprint density at radius 1 is 1.47 bits per heavy atom. The highest BCUT2D eigenvalue weighted by Gasteiger charge is 2.20. The molecule has 1 aromatic carbocycles. The second kappa shape index (κ2) is 6.35. The molecule has 0 radical (unpaired) electrons. The highest BCUT2D eigenvalue weighted by Crippen LogP contribution is 2.26. The van der Waals surface area contributed by atoms with Crippen molar-refractivity contribution in [1.82, 2.24) is 0 Å². The van der Waals surface area contributed by atoms with Crippen LogP contribution in [0.25, 0.3) is 0 Å². The quantitative estimate of drug-likeness (QED) is 0.651. The van der Waals surface area contributed by atoms with Gasteiger partial charge in [-0.3, -0.25) is 0 Å². The first-order valence-corrected chi connectivity index (χ1v) is 5.84. The molecule has 1 rings (SSSR count). The summed E-state index contributed by atoms with van der Waals surface area (Å²) in [5.41, 5.74) is 6.14. The van der Waals surface area contributed by atoms with Crippen LogP contribution in [0.3, 0.4) is 0 Å². The van der Waals surface area contributed by atoms with E-state index in [9.17, 15) is 4.79 Å². The molecule has 0 amide bonds. The van der Waals surface area contributed by atoms with Crippen molar-refractivity contribution in [3.05, 3.63) is 23.2 Å². The number of esters is 1. The Morgan fingerprint density at radius 2 is 2.18 bits per heavy atom. The maximum absolute atomic E-state index is 11.5. The molecule has 94 valence electrons. The molecule has 0 spiro atoms. The number of carbonyl (C=O) groups excluding carboxylic acids is 1. The van der Waals surface area contributed by atoms with Crippen molar-refractivity contribution in [1.29, 1.82) is 0 Å². The predicted octanol–water partition coefficient (Wildman–Crippen LogP) is 2.64. The summed E-state index contributed by atoms with van der Waals surface area (Å²) in [7, 11) is 0. The molecule has 0 aliphatic carbocycles. The largest absolute Gasteiger partial charge is 0.477 e. The van der Waals surface area contributed by atoms with E-state index in [1.807, 2.05) is 6.92 Å². The van der Waals surface area contributed by atoms with Crippen LogP contribution in [-0.4, -0.2) is 18.7 Å². The maximum atomic E-state index is 11.5. The predicted molar refractivity (Wildman–Crippen MR) is 67.2 cm³/mol. The zero-order valence-corrected chi connectivity index (χ0v) is 10.7. The minimum atomic E-state index is -0.640. The van der Waals surface area contributed by atoms with E-state index in [0.717, 1.165) is 0 Å². The minimum absolute atomic E-state index is 0.328. The number of nitrogens with two attached hydrogens (primary N) is 1. The molecule has 0 heterocycles. The fourth-order valence-corrected chi connectivity index (χ4v) is 1.49. The Labute approximate surface area is 106 Å². The van der Waals surface area contributed by atoms with Gasteiger partial charge in [0.2, 0.25) is 0 Å². The first-order valence-electron chi connectivity index (χ1n) is 5.46. The van der Waals surface area contributed by atoms with E-state index in [2.05, 4.69) is 0 Å². The molecule has 17 heavy (non-hydrogen) atoms. The average Bonchev–Trinajstić information content (AvgIpc) is 2.28. The molecule has 0 fully saturated rings. The lowest BCUT2D eigenvalue weighted by molar-refractivity contribution is -0.151. The van der Waals surface area contributed by atoms with Gasteiger partial charge < -0.3 is 15.2 Å². The first kappa shape index (κ1) is 13.6. The van der Waals surface area contributed by atoms with E-state index < -0.39 is 6.10 Å². The summed E-state index contributed by atoms with van der Waals surface area (Å²) in [5.74, 6) is 0.0543. The number of anilines is 1. The molecular formula is C12H16ClNO3. The Balaban J connectivity index is 2.77. The fraction of sp³-hybridized carbons (Fsp3) is 0.417. The van der Waals surface area contributed by atoms with Crippen LogP contribution in [0.1, 0.15) is 20.3 Å². The van der Waals surface area contributed by atoms with Crippen LogP contribution >= 0.6 is 11.6 Å². The molecular weight excluding hydrogens is 242 g/mol. The van der Waals surface area contributed by atoms with Crippen molar-refractivity contribution in [2.75, 3.05) is 12.3 Å². The Morgan fingerprint density at radius 3 is 2.71 bits per heavy atom. The molecule has 0 saturated carbocycles. The third kappa shape index (κ3) is 3.82. The molecule has 0 aliphatic rings. The second-order valence-corrected chi connectivity index (χ2v) is 3.89. The average molecular weight is 258 g/mol. The third-order valence-corrected chi connectivity index (χ3v) is 2.40. The molecule has 2 N–H and O–H groups in total. The highest BCUT2D eigenvalue weighted by molar-refractivity contribution is 6.30. The summed E-state index contributed by atoms with van der Waals surface area (Å²) >= 11 is 5.77. The summed E-state index contributed by atoms with van der Waals surface area (Å²) in [4.78, 5) is 11.5. The summed E-state index contributed by atoms with van der Waals surface area (Å²) in [6.07, 6.45) is -0.126. The summed E-state index contributed by atoms with van der Waals surface area (Å²) in [6.45, 7) is 3.92. The Kier molecular flexibility index (Phi) is 5.10. The molecule has 0 bridgehead atoms. The lowest BCUT2D eigenvalue weighted by Crippen LogP contribution is -2.28. The summed E-state index contributed by atoms with van der Waals surface area (Å²) in [6, 6.07) is 4.87. The Hall–Kier alpha value is -1.42. The zero-order chi connectivity index (χ0) is 12.8. The van der Waals surface area contributed by atoms with Crippen LogP contribution in [0, 0.1) is 0 Å². The molecule has 1 atom stereocenters. The van der Waals surface area contributed by atoms with Crippen LogP contribution in [0.15, 0.2) is 18.2 Å². The van der Waals surface area contributed by atoms with Gasteiger partial charge in [0.05, 0.1) is 12.3 Å². The van der Waals surface area contributed by atoms with Crippen LogP contribution in [0.2, 0.25) is 5.02 Å². The summed E-state index contributed by atoms with van der Waals surface area (Å²) in [5, 5.41) is 0.527. The molecule has 5 heteroatoms. The van der Waals surface area contributed by atoms with Gasteiger partial charge in [0.15, 0.2) is 6.10 Å². The maximum Gasteiger partial charge on any atom is 0.347 e. The minimum Gasteiger partial charge on any atom is -0.477 e. The van der Waals surface area contributed by atoms with Gasteiger partial charge in [-0.05, 0) is 31.5 Å². The highest BCUT2D eigenvalue weighted by atomic mass is 35.5. The van der Waals surface area contributed by atoms with Crippen molar-refractivity contribution < 1.29 is 14.3 Å². The molecule has 0 aliphatic heterocycles. The van der Waals surface area contributed by atoms with E-state index in [4.69, 9.17) is 26.8 Å². The van der Waals surface area contributed by atoms with Crippen molar-refractivity contribution in [2.24, 2.45) is 0 Å². The van der Waals surface area contributed by atoms with Crippen molar-refractivity contribution >= 4 is 23.3 Å². The molecule has 0 unspecified atom stereocenters. The standard InChI is InChI=1S/C12H16ClNO3/c1-3-10(12(15)16-4-2)17-11-6-5-8(13)7-9(11)14/h5-7,10H,3-4,14H2,1-2H3/t10-/m0/s1. The van der Waals surface area contributed by atoms with Crippen LogP contribution in [0.5, 0.6) is 5.75 Å². The monoisotopic (exact) mass is 257 g/mol. The van der Waals surface area contributed by atoms with Crippen molar-refractivity contribution in [2.45, 2.75) is 26.4 Å². The van der Waals surface area contributed by atoms with E-state index >= 15 is 0 Å². The Bertz CT molecular complexity index is 395. The van der Waals surface area contributed by atoms with E-state index in [-0.39, 0.29) is 5.97 Å². The van der Waals surface area contributed by atoms with Gasteiger partial charge in [-0.2, -0.15) is 0 Å². The lowest BCUT2D eigenvalue weighted by atomic mass is 10.2. The number of benzene rings is 1. The van der Waals surface area contributed by atoms with Gasteiger partial charge in [-0.15, -0.1) is 0 Å². The topological polar surface area (TPSA) is 61.5 Å². The van der Waals surface area contributed by atoms with E-state index in [0.29, 0.717) is 29.5 Å². The first-order chi connectivity index (χ1) is 8.08.